The van der Waals surface area contributed by atoms with Crippen LogP contribution < -0.4 is 16.0 Å². The average Bonchev–Trinajstić information content (AvgIpc) is 2.64. The van der Waals surface area contributed by atoms with E-state index in [1.165, 1.54) is 6.07 Å². The second-order valence-corrected chi connectivity index (χ2v) is 6.39. The molecule has 1 aromatic heterocycles. The van der Waals surface area contributed by atoms with Crippen LogP contribution in [0, 0.1) is 19.7 Å². The first kappa shape index (κ1) is 20.4. The number of nitrogens with one attached hydrogen (secondary N) is 3. The fourth-order valence-electron chi connectivity index (χ4n) is 2.40. The Labute approximate surface area is 159 Å². The van der Waals surface area contributed by atoms with Gasteiger partial charge in [-0.25, -0.2) is 9.37 Å². The Morgan fingerprint density at radius 3 is 2.67 bits per heavy atom. The molecular weight excluding hydrogens is 345 g/mol. The molecule has 1 unspecified atom stereocenters. The van der Waals surface area contributed by atoms with E-state index in [0.717, 1.165) is 11.1 Å². The van der Waals surface area contributed by atoms with Gasteiger partial charge in [-0.3, -0.25) is 9.79 Å². The number of carbonyl (C=O) groups excluding carboxylic acids is 1. The molecule has 0 aliphatic heterocycles. The second-order valence-electron chi connectivity index (χ2n) is 6.39. The van der Waals surface area contributed by atoms with Crippen LogP contribution in [0.1, 0.15) is 36.1 Å². The molecule has 1 heterocycles. The van der Waals surface area contributed by atoms with Crippen molar-refractivity contribution in [2.75, 3.05) is 18.9 Å². The number of nitrogens with zero attached hydrogens (tertiary/aromatic N) is 2. The number of rotatable bonds is 6. The third kappa shape index (κ3) is 6.36. The fraction of sp³-hybridized carbons (Fsp3) is 0.350. The zero-order valence-corrected chi connectivity index (χ0v) is 16.1. The third-order valence-corrected chi connectivity index (χ3v) is 4.10. The maximum Gasteiger partial charge on any atom is 0.227 e. The van der Waals surface area contributed by atoms with E-state index in [1.807, 2.05) is 26.0 Å². The first-order chi connectivity index (χ1) is 12.9. The van der Waals surface area contributed by atoms with E-state index in [2.05, 4.69) is 25.9 Å². The summed E-state index contributed by atoms with van der Waals surface area (Å²) in [6.07, 6.45) is 1.97. The van der Waals surface area contributed by atoms with Gasteiger partial charge >= 0.3 is 0 Å². The van der Waals surface area contributed by atoms with Crippen molar-refractivity contribution >= 4 is 17.7 Å². The van der Waals surface area contributed by atoms with Gasteiger partial charge < -0.3 is 16.0 Å². The van der Waals surface area contributed by atoms with Crippen LogP contribution in [0.5, 0.6) is 0 Å². The number of guanidine groups is 1. The maximum absolute atomic E-state index is 13.7. The Morgan fingerprint density at radius 1 is 1.26 bits per heavy atom. The Balaban J connectivity index is 1.80. The Kier molecular flexibility index (Phi) is 7.28. The number of hydrogen-bond acceptors (Lipinski definition) is 3. The lowest BCUT2D eigenvalue weighted by molar-refractivity contribution is -0.116. The normalized spacial score (nSPS) is 12.4. The zero-order chi connectivity index (χ0) is 19.8. The summed E-state index contributed by atoms with van der Waals surface area (Å²) in [5.41, 5.74) is 2.47. The third-order valence-electron chi connectivity index (χ3n) is 4.10. The van der Waals surface area contributed by atoms with Gasteiger partial charge in [0.15, 0.2) is 5.96 Å². The van der Waals surface area contributed by atoms with Gasteiger partial charge in [-0.1, -0.05) is 18.2 Å². The molecule has 2 aromatic rings. The number of amides is 1. The van der Waals surface area contributed by atoms with E-state index in [9.17, 15) is 9.18 Å². The number of benzene rings is 1. The molecule has 0 saturated heterocycles. The molecule has 27 heavy (non-hydrogen) atoms. The number of aromatic nitrogens is 1. The summed E-state index contributed by atoms with van der Waals surface area (Å²) < 4.78 is 13.7. The van der Waals surface area contributed by atoms with Crippen LogP contribution >= 0.6 is 0 Å². The number of halogens is 1. The standard InChI is InChI=1S/C20H26FN5O/c1-13-5-8-18(24-12-13)26-19(27)9-10-23-20(22-4)25-15(3)16-7-6-14(2)17(21)11-16/h5-8,11-12,15H,9-10H2,1-4H3,(H2,22,23,25)(H,24,26,27). The van der Waals surface area contributed by atoms with Crippen LogP contribution in [-0.2, 0) is 4.79 Å². The van der Waals surface area contributed by atoms with Crippen LogP contribution in [0.2, 0.25) is 0 Å². The Morgan fingerprint density at radius 2 is 2.04 bits per heavy atom. The van der Waals surface area contributed by atoms with E-state index in [0.29, 0.717) is 23.9 Å². The second kappa shape index (κ2) is 9.66. The van der Waals surface area contributed by atoms with E-state index >= 15 is 0 Å². The SMILES string of the molecule is CN=C(NCCC(=O)Nc1ccc(C)cn1)NC(C)c1ccc(C)c(F)c1. The van der Waals surface area contributed by atoms with Crippen molar-refractivity contribution < 1.29 is 9.18 Å². The largest absolute Gasteiger partial charge is 0.356 e. The Bertz CT molecular complexity index is 805. The lowest BCUT2D eigenvalue weighted by Gasteiger charge is -2.18. The maximum atomic E-state index is 13.7. The summed E-state index contributed by atoms with van der Waals surface area (Å²) in [5.74, 6) is 0.710. The molecule has 0 radical (unpaired) electrons. The summed E-state index contributed by atoms with van der Waals surface area (Å²) in [4.78, 5) is 20.3. The van der Waals surface area contributed by atoms with Crippen molar-refractivity contribution in [1.82, 2.24) is 15.6 Å². The summed E-state index contributed by atoms with van der Waals surface area (Å²) in [5, 5.41) is 9.02. The molecule has 1 aromatic carbocycles. The van der Waals surface area contributed by atoms with Crippen LogP contribution in [0.15, 0.2) is 41.5 Å². The van der Waals surface area contributed by atoms with Gasteiger partial charge in [-0.15, -0.1) is 0 Å². The monoisotopic (exact) mass is 371 g/mol. The molecule has 1 atom stereocenters. The minimum Gasteiger partial charge on any atom is -0.356 e. The molecule has 6 nitrogen and oxygen atoms in total. The summed E-state index contributed by atoms with van der Waals surface area (Å²) in [6.45, 7) is 6.00. The molecular formula is C20H26FN5O. The van der Waals surface area contributed by atoms with Crippen LogP contribution in [0.4, 0.5) is 10.2 Å². The van der Waals surface area contributed by atoms with Gasteiger partial charge in [-0.2, -0.15) is 0 Å². The van der Waals surface area contributed by atoms with Crippen LogP contribution in [0.25, 0.3) is 0 Å². The minimum absolute atomic E-state index is 0.128. The highest BCUT2D eigenvalue weighted by molar-refractivity contribution is 5.90. The number of carbonyl (C=O) groups is 1. The number of anilines is 1. The molecule has 0 spiro atoms. The fourth-order valence-corrected chi connectivity index (χ4v) is 2.40. The molecule has 0 aliphatic rings. The van der Waals surface area contributed by atoms with Crippen molar-refractivity contribution in [3.63, 3.8) is 0 Å². The zero-order valence-electron chi connectivity index (χ0n) is 16.1. The predicted octanol–water partition coefficient (Wildman–Crippen LogP) is 3.09. The van der Waals surface area contributed by atoms with Gasteiger partial charge in [0, 0.05) is 26.2 Å². The smallest absolute Gasteiger partial charge is 0.227 e. The highest BCUT2D eigenvalue weighted by Crippen LogP contribution is 2.16. The summed E-state index contributed by atoms with van der Waals surface area (Å²) >= 11 is 0. The Hall–Kier alpha value is -2.96. The van der Waals surface area contributed by atoms with Gasteiger partial charge in [0.05, 0.1) is 6.04 Å². The number of aryl methyl sites for hydroxylation is 2. The van der Waals surface area contributed by atoms with Crippen molar-refractivity contribution in [1.29, 1.82) is 0 Å². The van der Waals surface area contributed by atoms with Crippen molar-refractivity contribution in [2.45, 2.75) is 33.2 Å². The highest BCUT2D eigenvalue weighted by atomic mass is 19.1. The van der Waals surface area contributed by atoms with Crippen LogP contribution in [-0.4, -0.2) is 30.4 Å². The van der Waals surface area contributed by atoms with Crippen molar-refractivity contribution in [2.24, 2.45) is 4.99 Å². The van der Waals surface area contributed by atoms with E-state index in [4.69, 9.17) is 0 Å². The van der Waals surface area contributed by atoms with Gasteiger partial charge in [0.2, 0.25) is 5.91 Å². The molecule has 144 valence electrons. The van der Waals surface area contributed by atoms with E-state index in [-0.39, 0.29) is 24.2 Å². The topological polar surface area (TPSA) is 78.4 Å². The lowest BCUT2D eigenvalue weighted by Crippen LogP contribution is -2.40. The molecule has 0 bridgehead atoms. The van der Waals surface area contributed by atoms with Gasteiger partial charge in [0.25, 0.3) is 0 Å². The first-order valence-corrected chi connectivity index (χ1v) is 8.84. The summed E-state index contributed by atoms with van der Waals surface area (Å²) in [7, 11) is 1.65. The van der Waals surface area contributed by atoms with Gasteiger partial charge in [0.1, 0.15) is 11.6 Å². The quantitative estimate of drug-likeness (QED) is 0.539. The molecule has 0 aliphatic carbocycles. The molecule has 1 amide bonds. The molecule has 2 rings (SSSR count). The van der Waals surface area contributed by atoms with E-state index < -0.39 is 0 Å². The minimum atomic E-state index is -0.231. The van der Waals surface area contributed by atoms with Gasteiger partial charge in [-0.05, 0) is 49.6 Å². The number of aliphatic imine (C=N–C) groups is 1. The predicted molar refractivity (Wildman–Crippen MR) is 106 cm³/mol. The van der Waals surface area contributed by atoms with Crippen LogP contribution in [0.3, 0.4) is 0 Å². The molecule has 7 heteroatoms. The number of hydrogen-bond donors (Lipinski definition) is 3. The molecule has 3 N–H and O–H groups in total. The summed E-state index contributed by atoms with van der Waals surface area (Å²) in [6, 6.07) is 8.68. The van der Waals surface area contributed by atoms with Crippen molar-refractivity contribution in [3.8, 4) is 0 Å². The lowest BCUT2D eigenvalue weighted by atomic mass is 10.1. The van der Waals surface area contributed by atoms with E-state index in [1.54, 1.807) is 32.3 Å². The highest BCUT2D eigenvalue weighted by Gasteiger charge is 2.10. The van der Waals surface area contributed by atoms with Crippen molar-refractivity contribution in [3.05, 3.63) is 59.0 Å². The molecule has 0 saturated carbocycles. The number of pyridine rings is 1. The average molecular weight is 371 g/mol. The molecule has 0 fully saturated rings. The first-order valence-electron chi connectivity index (χ1n) is 8.84.